The highest BCUT2D eigenvalue weighted by Crippen LogP contribution is 2.39. The molecule has 0 spiro atoms. The molecule has 1 aromatic carbocycles. The zero-order chi connectivity index (χ0) is 30.4. The summed E-state index contributed by atoms with van der Waals surface area (Å²) in [4.78, 5) is 53.9. The van der Waals surface area contributed by atoms with Crippen molar-refractivity contribution in [2.45, 2.75) is 99.1 Å². The van der Waals surface area contributed by atoms with Gasteiger partial charge in [0.15, 0.2) is 11.6 Å². The normalized spacial score (nSPS) is 12.2. The van der Waals surface area contributed by atoms with Gasteiger partial charge in [0, 0.05) is 41.9 Å². The molecule has 2 rings (SSSR count). The summed E-state index contributed by atoms with van der Waals surface area (Å²) >= 11 is 0. The quantitative estimate of drug-likeness (QED) is 0.203. The molecule has 0 aliphatic rings. The number of esters is 1. The molecule has 0 aliphatic heterocycles. The molecule has 41 heavy (non-hydrogen) atoms. The number of aromatic nitrogens is 2. The predicted molar refractivity (Wildman–Crippen MR) is 160 cm³/mol. The number of hydrogen-bond donors (Lipinski definition) is 1. The molecule has 0 unspecified atom stereocenters. The van der Waals surface area contributed by atoms with Crippen molar-refractivity contribution in [1.82, 2.24) is 9.13 Å². The number of ether oxygens (including phenoxy) is 2. The van der Waals surface area contributed by atoms with Crippen LogP contribution in [0.1, 0.15) is 96.6 Å². The van der Waals surface area contributed by atoms with Gasteiger partial charge in [-0.25, -0.2) is 4.79 Å². The van der Waals surface area contributed by atoms with Gasteiger partial charge in [-0.2, -0.15) is 0 Å². The number of benzene rings is 1. The van der Waals surface area contributed by atoms with Crippen LogP contribution in [0.2, 0.25) is 0 Å². The smallest absolute Gasteiger partial charge is 0.439 e. The minimum atomic E-state index is -1.04. The van der Waals surface area contributed by atoms with Crippen LogP contribution in [0.5, 0.6) is 5.75 Å². The third-order valence-corrected chi connectivity index (χ3v) is 6.71. The number of carbonyl (C=O) groups excluding carboxylic acids is 4. The van der Waals surface area contributed by atoms with Crippen molar-refractivity contribution in [2.75, 3.05) is 6.79 Å². The third kappa shape index (κ3) is 9.69. The lowest BCUT2D eigenvalue weighted by Gasteiger charge is -2.28. The second kappa shape index (κ2) is 14.6. The van der Waals surface area contributed by atoms with Crippen LogP contribution in [0.3, 0.4) is 0 Å². The Balaban J connectivity index is 0.00000840. The summed E-state index contributed by atoms with van der Waals surface area (Å²) in [6.45, 7) is 16.0. The highest BCUT2D eigenvalue weighted by molar-refractivity contribution is 8.93. The number of hydrogen-bond acceptors (Lipinski definition) is 7. The summed E-state index contributed by atoms with van der Waals surface area (Å²) in [7, 11) is 0. The maximum absolute atomic E-state index is 13.6. The second-order valence-electron chi connectivity index (χ2n) is 12.0. The van der Waals surface area contributed by atoms with Crippen LogP contribution >= 0.6 is 17.0 Å². The van der Waals surface area contributed by atoms with Crippen molar-refractivity contribution >= 4 is 40.6 Å². The first-order valence-electron chi connectivity index (χ1n) is 13.5. The molecule has 1 aromatic heterocycles. The molecule has 0 bridgehead atoms. The predicted octanol–water partition coefficient (Wildman–Crippen LogP) is 5.61. The Bertz CT molecular complexity index is 1290. The van der Waals surface area contributed by atoms with Gasteiger partial charge in [-0.05, 0) is 35.8 Å². The number of amides is 1. The second-order valence-corrected chi connectivity index (χ2v) is 12.0. The number of nitrogens with zero attached hydrogens (tertiary/aromatic N) is 3. The van der Waals surface area contributed by atoms with E-state index in [0.717, 1.165) is 0 Å². The number of phenols is 1. The molecule has 1 N–H and O–H groups in total. The van der Waals surface area contributed by atoms with Crippen molar-refractivity contribution in [2.24, 2.45) is 10.9 Å². The number of aromatic hydroxyl groups is 1. The molecule has 0 saturated heterocycles. The molecule has 11 heteroatoms. The summed E-state index contributed by atoms with van der Waals surface area (Å²) in [5.41, 5.74) is 0.925. The van der Waals surface area contributed by atoms with Gasteiger partial charge in [0.25, 0.3) is 0 Å². The highest BCUT2D eigenvalue weighted by Gasteiger charge is 2.28. The van der Waals surface area contributed by atoms with Gasteiger partial charge in [-0.15, -0.1) is 22.0 Å². The SMILES string of the molecule is Br.CCC(CC)C(=O)Cn1ccn(CC(=O)c2cc(C(C)(C)C)c(O)c(C(C)(C)C)c2)/c1=N/C(=O)OCOC(C)=O. The fraction of sp³-hybridized carbons (Fsp3) is 0.567. The molecule has 10 nitrogen and oxygen atoms in total. The minimum absolute atomic E-state index is 0. The van der Waals surface area contributed by atoms with Crippen LogP contribution in [-0.2, 0) is 43.0 Å². The Hall–Kier alpha value is -3.21. The average molecular weight is 639 g/mol. The van der Waals surface area contributed by atoms with E-state index in [2.05, 4.69) is 9.73 Å². The first kappa shape index (κ1) is 35.8. The van der Waals surface area contributed by atoms with Crippen LogP contribution < -0.4 is 5.62 Å². The number of phenolic OH excluding ortho intramolecular Hbond substituents is 1. The number of carbonyl (C=O) groups is 4. The first-order chi connectivity index (χ1) is 18.5. The molecular weight excluding hydrogens is 594 g/mol. The molecule has 0 fully saturated rings. The maximum atomic E-state index is 13.6. The van der Waals surface area contributed by atoms with Gasteiger partial charge in [0.1, 0.15) is 5.75 Å². The molecule has 0 atom stereocenters. The minimum Gasteiger partial charge on any atom is -0.507 e. The lowest BCUT2D eigenvalue weighted by molar-refractivity contribution is -0.148. The van der Waals surface area contributed by atoms with Gasteiger partial charge in [0.2, 0.25) is 12.4 Å². The van der Waals surface area contributed by atoms with Crippen LogP contribution in [-0.4, -0.2) is 44.7 Å². The van der Waals surface area contributed by atoms with Crippen molar-refractivity contribution in [3.05, 3.63) is 46.8 Å². The van der Waals surface area contributed by atoms with E-state index in [0.29, 0.717) is 29.5 Å². The average Bonchev–Trinajstić information content (AvgIpc) is 3.18. The maximum Gasteiger partial charge on any atom is 0.439 e. The Labute approximate surface area is 252 Å². The first-order valence-corrected chi connectivity index (χ1v) is 13.5. The van der Waals surface area contributed by atoms with E-state index in [1.54, 1.807) is 24.5 Å². The molecule has 2 aromatic rings. The fourth-order valence-corrected chi connectivity index (χ4v) is 4.34. The van der Waals surface area contributed by atoms with E-state index in [1.165, 1.54) is 16.1 Å². The zero-order valence-electron chi connectivity index (χ0n) is 25.6. The van der Waals surface area contributed by atoms with Gasteiger partial charge in [0.05, 0.1) is 13.1 Å². The van der Waals surface area contributed by atoms with E-state index in [4.69, 9.17) is 4.74 Å². The summed E-state index contributed by atoms with van der Waals surface area (Å²) in [6.07, 6.45) is 3.49. The number of imidazole rings is 1. The van der Waals surface area contributed by atoms with E-state index in [-0.39, 0.29) is 58.9 Å². The molecule has 0 saturated carbocycles. The van der Waals surface area contributed by atoms with Crippen molar-refractivity contribution in [3.63, 3.8) is 0 Å². The van der Waals surface area contributed by atoms with Crippen molar-refractivity contribution in [1.29, 1.82) is 0 Å². The molecular formula is C30H44BrN3O7. The fourth-order valence-electron chi connectivity index (χ4n) is 4.34. The Kier molecular flexibility index (Phi) is 12.8. The number of Topliss-reactive ketones (excluding diaryl/α,β-unsaturated/α-hetero) is 2. The summed E-state index contributed by atoms with van der Waals surface area (Å²) in [5.74, 6) is -0.890. The molecule has 228 valence electrons. The van der Waals surface area contributed by atoms with Crippen LogP contribution in [0.4, 0.5) is 4.79 Å². The summed E-state index contributed by atoms with van der Waals surface area (Å²) in [5, 5.41) is 11.0. The van der Waals surface area contributed by atoms with E-state index >= 15 is 0 Å². The molecule has 1 amide bonds. The lowest BCUT2D eigenvalue weighted by Crippen LogP contribution is -2.33. The van der Waals surface area contributed by atoms with Gasteiger partial charge in [-0.3, -0.25) is 14.4 Å². The Morgan fingerprint density at radius 3 is 1.80 bits per heavy atom. The van der Waals surface area contributed by atoms with E-state index in [1.807, 2.05) is 55.4 Å². The van der Waals surface area contributed by atoms with Crippen molar-refractivity contribution in [3.8, 4) is 5.75 Å². The molecule has 0 radical (unpaired) electrons. The number of ketones is 2. The van der Waals surface area contributed by atoms with Gasteiger partial charge < -0.3 is 23.7 Å². The number of halogens is 1. The van der Waals surface area contributed by atoms with Crippen LogP contribution in [0.25, 0.3) is 0 Å². The van der Waals surface area contributed by atoms with Crippen LogP contribution in [0, 0.1) is 5.92 Å². The monoisotopic (exact) mass is 637 g/mol. The van der Waals surface area contributed by atoms with Crippen LogP contribution in [0.15, 0.2) is 29.5 Å². The highest BCUT2D eigenvalue weighted by atomic mass is 79.9. The largest absolute Gasteiger partial charge is 0.507 e. The standard InChI is InChI=1S/C30H43N3O7.BrH/c1-10-20(11-2)24(35)16-32-12-13-33(27(32)31-28(38)40-18-39-19(3)34)17-25(36)21-14-22(29(4,5)6)26(37)23(15-21)30(7,8)9;/h12-15,20,37H,10-11,16-18H2,1-9H3;1H/b31-27+;. The lowest BCUT2D eigenvalue weighted by atomic mass is 9.78. The summed E-state index contributed by atoms with van der Waals surface area (Å²) < 4.78 is 12.5. The third-order valence-electron chi connectivity index (χ3n) is 6.71. The Morgan fingerprint density at radius 2 is 1.37 bits per heavy atom. The molecule has 0 aliphatic carbocycles. The van der Waals surface area contributed by atoms with Gasteiger partial charge in [-0.1, -0.05) is 55.4 Å². The zero-order valence-corrected chi connectivity index (χ0v) is 27.3. The van der Waals surface area contributed by atoms with E-state index < -0.39 is 29.7 Å². The van der Waals surface area contributed by atoms with Gasteiger partial charge >= 0.3 is 12.1 Å². The number of rotatable bonds is 10. The van der Waals surface area contributed by atoms with E-state index in [9.17, 15) is 24.3 Å². The Morgan fingerprint density at radius 1 is 0.878 bits per heavy atom. The summed E-state index contributed by atoms with van der Waals surface area (Å²) in [6, 6.07) is 3.40. The topological polar surface area (TPSA) is 129 Å². The molecule has 1 heterocycles. The van der Waals surface area contributed by atoms with Crippen molar-refractivity contribution < 1.29 is 33.8 Å².